The summed E-state index contributed by atoms with van der Waals surface area (Å²) in [5.41, 5.74) is 1.25. The lowest BCUT2D eigenvalue weighted by Crippen LogP contribution is -1.99. The molecule has 0 aliphatic heterocycles. The van der Waals surface area contributed by atoms with Gasteiger partial charge in [0.15, 0.2) is 0 Å². The molecule has 0 amide bonds. The Labute approximate surface area is 86.6 Å². The Morgan fingerprint density at radius 3 is 2.47 bits per heavy atom. The summed E-state index contributed by atoms with van der Waals surface area (Å²) in [6.07, 6.45) is 0. The number of ether oxygens (including phenoxy) is 2. The maximum atomic E-state index is 10.5. The molecule has 1 aromatic heterocycles. The number of nitrogens with zero attached hydrogens (tertiary/aromatic N) is 1. The summed E-state index contributed by atoms with van der Waals surface area (Å²) in [5.74, 6) is -0.717. The minimum Gasteiger partial charge on any atom is -0.459 e. The summed E-state index contributed by atoms with van der Waals surface area (Å²) in [4.78, 5) is 21.0. The third-order valence-corrected chi connectivity index (χ3v) is 1.54. The van der Waals surface area contributed by atoms with Crippen LogP contribution < -0.4 is 0 Å². The maximum Gasteiger partial charge on any atom is 0.303 e. The predicted molar refractivity (Wildman–Crippen MR) is 49.5 cm³/mol. The average molecular weight is 212 g/mol. The van der Waals surface area contributed by atoms with E-state index in [1.54, 1.807) is 6.07 Å². The molecule has 82 valence electrons. The Balaban J connectivity index is 2.41. The molecule has 0 unspecified atom stereocenters. The van der Waals surface area contributed by atoms with Crippen LogP contribution in [-0.4, -0.2) is 22.1 Å². The van der Waals surface area contributed by atoms with Gasteiger partial charge < -0.3 is 9.47 Å². The SMILES string of the molecule is CC(=O)OCc1cc(COC(C)=O)[nH]n1. The zero-order chi connectivity index (χ0) is 11.3. The number of esters is 2. The highest BCUT2D eigenvalue weighted by atomic mass is 16.5. The number of nitrogens with one attached hydrogen (secondary N) is 1. The Kier molecular flexibility index (Phi) is 3.84. The number of aromatic amines is 1. The van der Waals surface area contributed by atoms with E-state index in [0.29, 0.717) is 11.4 Å². The number of H-pyrrole nitrogens is 1. The van der Waals surface area contributed by atoms with Gasteiger partial charge in [0.25, 0.3) is 0 Å². The van der Waals surface area contributed by atoms with Crippen LogP contribution in [0, 0.1) is 0 Å². The van der Waals surface area contributed by atoms with Crippen molar-refractivity contribution >= 4 is 11.9 Å². The van der Waals surface area contributed by atoms with Crippen LogP contribution in [-0.2, 0) is 32.3 Å². The van der Waals surface area contributed by atoms with Gasteiger partial charge in [-0.1, -0.05) is 0 Å². The summed E-state index contributed by atoms with van der Waals surface area (Å²) in [5, 5.41) is 6.54. The van der Waals surface area contributed by atoms with Crippen LogP contribution in [0.3, 0.4) is 0 Å². The average Bonchev–Trinajstić information content (AvgIpc) is 2.59. The van der Waals surface area contributed by atoms with Gasteiger partial charge in [0.1, 0.15) is 18.9 Å². The minimum absolute atomic E-state index is 0.117. The number of hydrogen-bond donors (Lipinski definition) is 1. The summed E-state index contributed by atoms with van der Waals surface area (Å²) >= 11 is 0. The number of aromatic nitrogens is 2. The largest absolute Gasteiger partial charge is 0.459 e. The molecular formula is C9H12N2O4. The number of carbonyl (C=O) groups is 2. The van der Waals surface area contributed by atoms with Crippen LogP contribution in [0.5, 0.6) is 0 Å². The fourth-order valence-electron chi connectivity index (χ4n) is 0.912. The molecule has 6 nitrogen and oxygen atoms in total. The van der Waals surface area contributed by atoms with E-state index in [-0.39, 0.29) is 25.2 Å². The Bertz CT molecular complexity index is 326. The monoisotopic (exact) mass is 212 g/mol. The highest BCUT2D eigenvalue weighted by molar-refractivity contribution is 5.66. The summed E-state index contributed by atoms with van der Waals surface area (Å²) in [7, 11) is 0. The van der Waals surface area contributed by atoms with Crippen LogP contribution in [0.25, 0.3) is 0 Å². The fourth-order valence-corrected chi connectivity index (χ4v) is 0.912. The van der Waals surface area contributed by atoms with Gasteiger partial charge in [-0.3, -0.25) is 14.7 Å². The summed E-state index contributed by atoms with van der Waals surface area (Å²) in [6.45, 7) is 2.91. The molecule has 0 atom stereocenters. The predicted octanol–water partition coefficient (Wildman–Crippen LogP) is 0.536. The van der Waals surface area contributed by atoms with E-state index in [9.17, 15) is 9.59 Å². The topological polar surface area (TPSA) is 81.3 Å². The minimum atomic E-state index is -0.362. The highest BCUT2D eigenvalue weighted by Gasteiger charge is 2.04. The molecule has 0 aromatic carbocycles. The van der Waals surface area contributed by atoms with E-state index in [4.69, 9.17) is 9.47 Å². The van der Waals surface area contributed by atoms with Gasteiger partial charge in [-0.25, -0.2) is 0 Å². The fraction of sp³-hybridized carbons (Fsp3) is 0.444. The molecule has 1 aromatic rings. The Morgan fingerprint density at radius 1 is 1.27 bits per heavy atom. The molecule has 0 bridgehead atoms. The maximum absolute atomic E-state index is 10.5. The number of carbonyl (C=O) groups excluding carboxylic acids is 2. The molecule has 15 heavy (non-hydrogen) atoms. The van der Waals surface area contributed by atoms with Crippen molar-refractivity contribution in [3.8, 4) is 0 Å². The zero-order valence-corrected chi connectivity index (χ0v) is 8.57. The van der Waals surface area contributed by atoms with Crippen LogP contribution in [0.2, 0.25) is 0 Å². The van der Waals surface area contributed by atoms with Crippen molar-refractivity contribution in [2.45, 2.75) is 27.1 Å². The smallest absolute Gasteiger partial charge is 0.303 e. The molecule has 0 aliphatic carbocycles. The van der Waals surface area contributed by atoms with Gasteiger partial charge in [0, 0.05) is 13.8 Å². The molecule has 1 N–H and O–H groups in total. The summed E-state index contributed by atoms with van der Waals surface area (Å²) in [6, 6.07) is 1.67. The van der Waals surface area contributed by atoms with E-state index >= 15 is 0 Å². The van der Waals surface area contributed by atoms with Crippen molar-refractivity contribution < 1.29 is 19.1 Å². The van der Waals surface area contributed by atoms with Gasteiger partial charge in [0.05, 0.1) is 5.69 Å². The second-order valence-electron chi connectivity index (χ2n) is 2.95. The second kappa shape index (κ2) is 5.14. The van der Waals surface area contributed by atoms with E-state index in [0.717, 1.165) is 0 Å². The molecule has 0 radical (unpaired) electrons. The summed E-state index contributed by atoms with van der Waals surface area (Å²) < 4.78 is 9.49. The molecule has 0 saturated heterocycles. The third-order valence-electron chi connectivity index (χ3n) is 1.54. The molecule has 1 rings (SSSR count). The van der Waals surface area contributed by atoms with Crippen LogP contribution >= 0.6 is 0 Å². The molecular weight excluding hydrogens is 200 g/mol. The number of rotatable bonds is 4. The third kappa shape index (κ3) is 4.26. The Morgan fingerprint density at radius 2 is 1.87 bits per heavy atom. The first-order valence-electron chi connectivity index (χ1n) is 4.38. The Hall–Kier alpha value is -1.85. The lowest BCUT2D eigenvalue weighted by atomic mass is 10.4. The van der Waals surface area contributed by atoms with Gasteiger partial charge >= 0.3 is 11.9 Å². The lowest BCUT2D eigenvalue weighted by Gasteiger charge is -1.97. The van der Waals surface area contributed by atoms with Crippen molar-refractivity contribution in [2.75, 3.05) is 0 Å². The van der Waals surface area contributed by atoms with Crippen LogP contribution in [0.4, 0.5) is 0 Å². The van der Waals surface area contributed by atoms with Crippen molar-refractivity contribution in [1.29, 1.82) is 0 Å². The highest BCUT2D eigenvalue weighted by Crippen LogP contribution is 2.03. The van der Waals surface area contributed by atoms with Gasteiger partial charge in [-0.15, -0.1) is 0 Å². The molecule has 0 spiro atoms. The van der Waals surface area contributed by atoms with Crippen molar-refractivity contribution in [2.24, 2.45) is 0 Å². The first-order valence-corrected chi connectivity index (χ1v) is 4.38. The van der Waals surface area contributed by atoms with Gasteiger partial charge in [0.2, 0.25) is 0 Å². The molecule has 0 aliphatic rings. The van der Waals surface area contributed by atoms with E-state index in [1.807, 2.05) is 0 Å². The van der Waals surface area contributed by atoms with Crippen molar-refractivity contribution in [1.82, 2.24) is 10.2 Å². The molecule has 6 heteroatoms. The zero-order valence-electron chi connectivity index (χ0n) is 8.57. The van der Waals surface area contributed by atoms with Crippen molar-refractivity contribution in [3.63, 3.8) is 0 Å². The van der Waals surface area contributed by atoms with E-state index in [1.165, 1.54) is 13.8 Å². The van der Waals surface area contributed by atoms with Crippen LogP contribution in [0.15, 0.2) is 6.07 Å². The quantitative estimate of drug-likeness (QED) is 0.736. The lowest BCUT2D eigenvalue weighted by molar-refractivity contribution is -0.143. The van der Waals surface area contributed by atoms with E-state index < -0.39 is 0 Å². The first-order chi connectivity index (χ1) is 7.08. The van der Waals surface area contributed by atoms with Gasteiger partial charge in [-0.05, 0) is 6.07 Å². The normalized spacial score (nSPS) is 9.73. The standard InChI is InChI=1S/C9H12N2O4/c1-6(12)14-4-8-3-9(11-10-8)5-15-7(2)13/h3H,4-5H2,1-2H3,(H,10,11). The first kappa shape index (κ1) is 11.2. The van der Waals surface area contributed by atoms with Gasteiger partial charge in [-0.2, -0.15) is 5.10 Å². The number of hydrogen-bond acceptors (Lipinski definition) is 5. The van der Waals surface area contributed by atoms with Crippen LogP contribution in [0.1, 0.15) is 25.2 Å². The van der Waals surface area contributed by atoms with E-state index in [2.05, 4.69) is 10.2 Å². The van der Waals surface area contributed by atoms with Crippen molar-refractivity contribution in [3.05, 3.63) is 17.5 Å². The molecule has 1 heterocycles. The second-order valence-corrected chi connectivity index (χ2v) is 2.95. The molecule has 0 fully saturated rings. The molecule has 0 saturated carbocycles.